The number of nitrogens with one attached hydrogen (secondary N) is 1. The molecule has 0 saturated carbocycles. The highest BCUT2D eigenvalue weighted by molar-refractivity contribution is 5.01. The molecule has 4 heteroatoms. The van der Waals surface area contributed by atoms with E-state index >= 15 is 0 Å². The van der Waals surface area contributed by atoms with E-state index in [9.17, 15) is 0 Å². The Morgan fingerprint density at radius 2 is 2.60 bits per heavy atom. The van der Waals surface area contributed by atoms with Gasteiger partial charge in [0.15, 0.2) is 0 Å². The molecule has 0 aliphatic heterocycles. The Bertz CT molecular complexity index is 174. The van der Waals surface area contributed by atoms with Gasteiger partial charge >= 0.3 is 0 Å². The van der Waals surface area contributed by atoms with Crippen molar-refractivity contribution in [3.63, 3.8) is 0 Å². The largest absolute Gasteiger partial charge is 0.394 e. The molecule has 1 aromatic rings. The lowest BCUT2D eigenvalue weighted by atomic mass is 10.2. The molecule has 1 radical (unpaired) electrons. The van der Waals surface area contributed by atoms with Gasteiger partial charge in [0.25, 0.3) is 0 Å². The van der Waals surface area contributed by atoms with Gasteiger partial charge in [0, 0.05) is 18.2 Å². The summed E-state index contributed by atoms with van der Waals surface area (Å²) in [7, 11) is 0. The number of aromatic amines is 1. The average molecular weight is 141 g/mol. The van der Waals surface area contributed by atoms with E-state index in [0.717, 1.165) is 5.56 Å². The number of aliphatic hydroxyl groups is 2. The van der Waals surface area contributed by atoms with Gasteiger partial charge in [-0.3, -0.25) is 5.10 Å². The van der Waals surface area contributed by atoms with E-state index in [4.69, 9.17) is 10.2 Å². The number of aliphatic hydroxyl groups excluding tert-OH is 2. The summed E-state index contributed by atoms with van der Waals surface area (Å²) in [6.45, 7) is -0.223. The molecule has 0 amide bonds. The first-order valence-electron chi connectivity index (χ1n) is 3.02. The summed E-state index contributed by atoms with van der Waals surface area (Å²) < 4.78 is 0. The Balaban J connectivity index is 2.40. The molecule has 1 rings (SSSR count). The fourth-order valence-corrected chi connectivity index (χ4v) is 0.670. The summed E-state index contributed by atoms with van der Waals surface area (Å²) in [6, 6.07) is 0. The summed E-state index contributed by atoms with van der Waals surface area (Å²) in [4.78, 5) is 0. The van der Waals surface area contributed by atoms with Crippen LogP contribution in [-0.2, 0) is 6.42 Å². The van der Waals surface area contributed by atoms with E-state index < -0.39 is 6.10 Å². The zero-order chi connectivity index (χ0) is 7.40. The van der Waals surface area contributed by atoms with Crippen molar-refractivity contribution in [2.75, 3.05) is 6.61 Å². The fourth-order valence-electron chi connectivity index (χ4n) is 0.670. The van der Waals surface area contributed by atoms with E-state index in [1.807, 2.05) is 0 Å². The first-order chi connectivity index (χ1) is 4.83. The number of rotatable bonds is 3. The molecular formula is C6H9N2O2. The Kier molecular flexibility index (Phi) is 2.42. The van der Waals surface area contributed by atoms with Crippen LogP contribution in [0.2, 0.25) is 0 Å². The minimum atomic E-state index is -0.700. The lowest BCUT2D eigenvalue weighted by Crippen LogP contribution is -2.14. The summed E-state index contributed by atoms with van der Waals surface area (Å²) in [5.41, 5.74) is 0.779. The fraction of sp³-hybridized carbons (Fsp3) is 0.500. The van der Waals surface area contributed by atoms with E-state index in [1.54, 1.807) is 6.20 Å². The van der Waals surface area contributed by atoms with Crippen LogP contribution in [0.5, 0.6) is 0 Å². The second-order valence-corrected chi connectivity index (χ2v) is 2.06. The molecule has 0 saturated heterocycles. The van der Waals surface area contributed by atoms with Gasteiger partial charge in [-0.05, 0) is 0 Å². The molecule has 1 aromatic heterocycles. The van der Waals surface area contributed by atoms with Gasteiger partial charge in [-0.2, -0.15) is 5.10 Å². The Morgan fingerprint density at radius 3 is 3.10 bits per heavy atom. The molecule has 1 unspecified atom stereocenters. The summed E-state index contributed by atoms with van der Waals surface area (Å²) in [5.74, 6) is 0. The van der Waals surface area contributed by atoms with Crippen molar-refractivity contribution in [2.45, 2.75) is 12.5 Å². The lowest BCUT2D eigenvalue weighted by Gasteiger charge is -2.02. The Hall–Kier alpha value is -0.870. The number of aromatic nitrogens is 2. The third-order valence-electron chi connectivity index (χ3n) is 1.17. The van der Waals surface area contributed by atoms with Gasteiger partial charge in [0.1, 0.15) is 6.20 Å². The number of nitrogens with zero attached hydrogens (tertiary/aromatic N) is 1. The molecule has 1 atom stereocenters. The average Bonchev–Trinajstić information content (AvgIpc) is 2.40. The topological polar surface area (TPSA) is 69.1 Å². The van der Waals surface area contributed by atoms with E-state index in [2.05, 4.69) is 16.4 Å². The Labute approximate surface area is 58.5 Å². The molecule has 3 N–H and O–H groups in total. The molecular weight excluding hydrogens is 132 g/mol. The molecule has 0 aliphatic rings. The van der Waals surface area contributed by atoms with Gasteiger partial charge in [0.2, 0.25) is 0 Å². The highest BCUT2D eigenvalue weighted by Crippen LogP contribution is 1.97. The third-order valence-corrected chi connectivity index (χ3v) is 1.17. The van der Waals surface area contributed by atoms with E-state index in [-0.39, 0.29) is 6.61 Å². The number of hydrogen-bond donors (Lipinski definition) is 3. The highest BCUT2D eigenvalue weighted by atomic mass is 16.3. The normalized spacial score (nSPS) is 13.4. The second-order valence-electron chi connectivity index (χ2n) is 2.06. The van der Waals surface area contributed by atoms with Crippen LogP contribution in [0.4, 0.5) is 0 Å². The summed E-state index contributed by atoms with van der Waals surface area (Å²) >= 11 is 0. The molecule has 0 aliphatic carbocycles. The predicted molar refractivity (Wildman–Crippen MR) is 34.2 cm³/mol. The molecule has 1 heterocycles. The standard InChI is InChI=1S/C6H9N2O2/c9-4-6(10)1-5-2-7-8-3-5/h2,6,9-10H,1,4H2,(H,7,8). The molecule has 0 bridgehead atoms. The Morgan fingerprint density at radius 1 is 1.80 bits per heavy atom. The molecule has 4 nitrogen and oxygen atoms in total. The van der Waals surface area contributed by atoms with Crippen LogP contribution in [0.25, 0.3) is 0 Å². The van der Waals surface area contributed by atoms with Crippen molar-refractivity contribution in [1.82, 2.24) is 10.2 Å². The smallest absolute Gasteiger partial charge is 0.116 e. The minimum Gasteiger partial charge on any atom is -0.394 e. The highest BCUT2D eigenvalue weighted by Gasteiger charge is 2.03. The van der Waals surface area contributed by atoms with Crippen molar-refractivity contribution in [3.8, 4) is 0 Å². The van der Waals surface area contributed by atoms with Gasteiger partial charge in [-0.15, -0.1) is 0 Å². The molecule has 0 fully saturated rings. The number of H-pyrrole nitrogens is 1. The van der Waals surface area contributed by atoms with Crippen LogP contribution in [-0.4, -0.2) is 33.1 Å². The monoisotopic (exact) mass is 141 g/mol. The van der Waals surface area contributed by atoms with Crippen LogP contribution in [0.1, 0.15) is 5.56 Å². The van der Waals surface area contributed by atoms with Crippen molar-refractivity contribution in [1.29, 1.82) is 0 Å². The van der Waals surface area contributed by atoms with Gasteiger partial charge in [-0.1, -0.05) is 0 Å². The first kappa shape index (κ1) is 7.24. The van der Waals surface area contributed by atoms with Crippen LogP contribution < -0.4 is 0 Å². The maximum absolute atomic E-state index is 8.92. The van der Waals surface area contributed by atoms with E-state index in [1.165, 1.54) is 0 Å². The van der Waals surface area contributed by atoms with Crippen molar-refractivity contribution in [3.05, 3.63) is 18.0 Å². The van der Waals surface area contributed by atoms with Crippen LogP contribution in [0, 0.1) is 6.20 Å². The van der Waals surface area contributed by atoms with E-state index in [0.29, 0.717) is 6.42 Å². The zero-order valence-corrected chi connectivity index (χ0v) is 5.41. The predicted octanol–water partition coefficient (Wildman–Crippen LogP) is -0.894. The summed E-state index contributed by atoms with van der Waals surface area (Å²) in [6.07, 6.45) is 3.96. The lowest BCUT2D eigenvalue weighted by molar-refractivity contribution is 0.0955. The molecule has 0 aromatic carbocycles. The maximum Gasteiger partial charge on any atom is 0.116 e. The molecule has 55 valence electrons. The zero-order valence-electron chi connectivity index (χ0n) is 5.41. The minimum absolute atomic E-state index is 0.223. The first-order valence-corrected chi connectivity index (χ1v) is 3.02. The third kappa shape index (κ3) is 1.82. The maximum atomic E-state index is 8.92. The van der Waals surface area contributed by atoms with Gasteiger partial charge < -0.3 is 10.2 Å². The van der Waals surface area contributed by atoms with Crippen LogP contribution in [0.15, 0.2) is 6.20 Å². The van der Waals surface area contributed by atoms with Gasteiger partial charge in [-0.25, -0.2) is 0 Å². The second kappa shape index (κ2) is 3.34. The van der Waals surface area contributed by atoms with Crippen LogP contribution >= 0.6 is 0 Å². The molecule has 0 spiro atoms. The van der Waals surface area contributed by atoms with Crippen LogP contribution in [0.3, 0.4) is 0 Å². The quantitative estimate of drug-likeness (QED) is 0.511. The van der Waals surface area contributed by atoms with Gasteiger partial charge in [0.05, 0.1) is 12.7 Å². The molecule has 10 heavy (non-hydrogen) atoms. The summed E-state index contributed by atoms with van der Waals surface area (Å²) in [5, 5.41) is 23.5. The van der Waals surface area contributed by atoms with Crippen molar-refractivity contribution >= 4 is 0 Å². The van der Waals surface area contributed by atoms with Crippen molar-refractivity contribution in [2.24, 2.45) is 0 Å². The van der Waals surface area contributed by atoms with Crippen molar-refractivity contribution < 1.29 is 10.2 Å². The SMILES string of the molecule is OCC(O)Cc1[c]n[nH]c1. The number of hydrogen-bond acceptors (Lipinski definition) is 3.